The molecule has 0 spiro atoms. The maximum atomic E-state index is 10.6. The van der Waals surface area contributed by atoms with Gasteiger partial charge in [-0.2, -0.15) is 8.42 Å². The number of nitrogens with one attached hydrogen (secondary N) is 1. The lowest BCUT2D eigenvalue weighted by atomic mass is 10.2. The lowest BCUT2D eigenvalue weighted by molar-refractivity contribution is 0.412. The SMILES string of the molecule is COc1cccc(NS(=O)(=O)O)c1C. The van der Waals surface area contributed by atoms with Crippen molar-refractivity contribution in [1.82, 2.24) is 0 Å². The van der Waals surface area contributed by atoms with Crippen molar-refractivity contribution in [2.75, 3.05) is 11.8 Å². The van der Waals surface area contributed by atoms with Crippen LogP contribution in [-0.4, -0.2) is 20.1 Å². The largest absolute Gasteiger partial charge is 0.496 e. The molecule has 2 N–H and O–H groups in total. The van der Waals surface area contributed by atoms with Crippen molar-refractivity contribution in [1.29, 1.82) is 0 Å². The van der Waals surface area contributed by atoms with Crippen LogP contribution >= 0.6 is 0 Å². The predicted octanol–water partition coefficient (Wildman–Crippen LogP) is 1.22. The third kappa shape index (κ3) is 2.61. The summed E-state index contributed by atoms with van der Waals surface area (Å²) in [4.78, 5) is 0. The van der Waals surface area contributed by atoms with Gasteiger partial charge in [0.25, 0.3) is 0 Å². The Bertz CT molecular complexity index is 427. The average Bonchev–Trinajstić information content (AvgIpc) is 2.06. The first-order valence-electron chi connectivity index (χ1n) is 3.83. The van der Waals surface area contributed by atoms with Crippen LogP contribution in [0.5, 0.6) is 5.75 Å². The van der Waals surface area contributed by atoms with Gasteiger partial charge in [-0.1, -0.05) is 6.07 Å². The van der Waals surface area contributed by atoms with Gasteiger partial charge in [-0.15, -0.1) is 0 Å². The van der Waals surface area contributed by atoms with E-state index in [0.717, 1.165) is 0 Å². The zero-order valence-corrected chi connectivity index (χ0v) is 8.63. The van der Waals surface area contributed by atoms with Crippen molar-refractivity contribution in [3.8, 4) is 5.75 Å². The van der Waals surface area contributed by atoms with E-state index in [4.69, 9.17) is 9.29 Å². The van der Waals surface area contributed by atoms with Crippen LogP contribution in [0, 0.1) is 6.92 Å². The van der Waals surface area contributed by atoms with Crippen LogP contribution in [-0.2, 0) is 10.3 Å². The summed E-state index contributed by atoms with van der Waals surface area (Å²) in [6.07, 6.45) is 0. The standard InChI is InChI=1S/C8H11NO4S/c1-6-7(9-14(10,11)12)4-3-5-8(6)13-2/h3-5,9H,1-2H3,(H,10,11,12). The average molecular weight is 217 g/mol. The summed E-state index contributed by atoms with van der Waals surface area (Å²) in [6, 6.07) is 4.86. The molecular formula is C8H11NO4S. The quantitative estimate of drug-likeness (QED) is 0.746. The van der Waals surface area contributed by atoms with Gasteiger partial charge in [0.1, 0.15) is 5.75 Å². The Kier molecular flexibility index (Phi) is 2.97. The number of benzene rings is 1. The van der Waals surface area contributed by atoms with Crippen molar-refractivity contribution in [2.45, 2.75) is 6.92 Å². The van der Waals surface area contributed by atoms with Crippen molar-refractivity contribution >= 4 is 16.0 Å². The minimum absolute atomic E-state index is 0.298. The molecule has 1 aromatic carbocycles. The predicted molar refractivity (Wildman–Crippen MR) is 52.9 cm³/mol. The van der Waals surface area contributed by atoms with E-state index in [-0.39, 0.29) is 0 Å². The fourth-order valence-electron chi connectivity index (χ4n) is 1.09. The molecule has 0 radical (unpaired) electrons. The third-order valence-corrected chi connectivity index (χ3v) is 2.22. The van der Waals surface area contributed by atoms with Gasteiger partial charge in [0.05, 0.1) is 12.8 Å². The summed E-state index contributed by atoms with van der Waals surface area (Å²) in [6.45, 7) is 1.69. The number of rotatable bonds is 3. The molecule has 0 atom stereocenters. The smallest absolute Gasteiger partial charge is 0.357 e. The number of hydrogen-bond donors (Lipinski definition) is 2. The molecule has 0 saturated carbocycles. The molecule has 14 heavy (non-hydrogen) atoms. The molecule has 1 aromatic rings. The van der Waals surface area contributed by atoms with E-state index >= 15 is 0 Å². The Morgan fingerprint density at radius 1 is 1.43 bits per heavy atom. The van der Waals surface area contributed by atoms with E-state index in [1.807, 2.05) is 4.72 Å². The Morgan fingerprint density at radius 3 is 2.57 bits per heavy atom. The highest BCUT2D eigenvalue weighted by atomic mass is 32.2. The van der Waals surface area contributed by atoms with Gasteiger partial charge in [0.2, 0.25) is 0 Å². The lowest BCUT2D eigenvalue weighted by Gasteiger charge is -2.09. The van der Waals surface area contributed by atoms with Crippen molar-refractivity contribution < 1.29 is 17.7 Å². The normalized spacial score (nSPS) is 11.1. The molecule has 0 aromatic heterocycles. The molecule has 78 valence electrons. The molecule has 0 aliphatic carbocycles. The fraction of sp³-hybridized carbons (Fsp3) is 0.250. The van der Waals surface area contributed by atoms with Crippen molar-refractivity contribution in [2.24, 2.45) is 0 Å². The van der Waals surface area contributed by atoms with Gasteiger partial charge in [-0.25, -0.2) is 0 Å². The van der Waals surface area contributed by atoms with Crippen LogP contribution < -0.4 is 9.46 Å². The maximum Gasteiger partial charge on any atom is 0.357 e. The van der Waals surface area contributed by atoms with E-state index in [0.29, 0.717) is 17.0 Å². The molecule has 0 heterocycles. The Morgan fingerprint density at radius 2 is 2.07 bits per heavy atom. The lowest BCUT2D eigenvalue weighted by Crippen LogP contribution is -2.11. The first-order valence-corrected chi connectivity index (χ1v) is 5.27. The molecule has 0 bridgehead atoms. The van der Waals surface area contributed by atoms with Crippen molar-refractivity contribution in [3.05, 3.63) is 23.8 Å². The summed E-state index contributed by atoms with van der Waals surface area (Å²) < 4.78 is 36.6. The van der Waals surface area contributed by atoms with Crippen LogP contribution in [0.1, 0.15) is 5.56 Å². The topological polar surface area (TPSA) is 75.6 Å². The van der Waals surface area contributed by atoms with Crippen LogP contribution in [0.3, 0.4) is 0 Å². The van der Waals surface area contributed by atoms with Gasteiger partial charge >= 0.3 is 10.3 Å². The molecule has 0 aliphatic heterocycles. The zero-order chi connectivity index (χ0) is 10.8. The highest BCUT2D eigenvalue weighted by Gasteiger charge is 2.08. The van der Waals surface area contributed by atoms with E-state index in [1.165, 1.54) is 13.2 Å². The molecule has 0 saturated heterocycles. The van der Waals surface area contributed by atoms with Crippen LogP contribution in [0.4, 0.5) is 5.69 Å². The Labute approximate surface area is 82.6 Å². The molecule has 5 nitrogen and oxygen atoms in total. The summed E-state index contributed by atoms with van der Waals surface area (Å²) in [5.41, 5.74) is 0.916. The third-order valence-electron chi connectivity index (χ3n) is 1.74. The summed E-state index contributed by atoms with van der Waals surface area (Å²) in [5, 5.41) is 0. The van der Waals surface area contributed by atoms with Gasteiger partial charge in [-0.3, -0.25) is 9.27 Å². The van der Waals surface area contributed by atoms with Gasteiger partial charge in [0, 0.05) is 5.56 Å². The molecule has 0 fully saturated rings. The number of hydrogen-bond acceptors (Lipinski definition) is 3. The number of anilines is 1. The maximum absolute atomic E-state index is 10.6. The highest BCUT2D eigenvalue weighted by Crippen LogP contribution is 2.25. The van der Waals surface area contributed by atoms with Crippen LogP contribution in [0.2, 0.25) is 0 Å². The summed E-state index contributed by atoms with van der Waals surface area (Å²) in [7, 11) is -2.74. The number of methoxy groups -OCH3 is 1. The van der Waals surface area contributed by atoms with E-state index in [2.05, 4.69) is 0 Å². The van der Waals surface area contributed by atoms with Crippen LogP contribution in [0.15, 0.2) is 18.2 Å². The minimum atomic E-state index is -4.23. The highest BCUT2D eigenvalue weighted by molar-refractivity contribution is 7.87. The molecule has 6 heteroatoms. The molecule has 0 aliphatic rings. The van der Waals surface area contributed by atoms with E-state index in [9.17, 15) is 8.42 Å². The van der Waals surface area contributed by atoms with Gasteiger partial charge in [-0.05, 0) is 19.1 Å². The zero-order valence-electron chi connectivity index (χ0n) is 7.81. The van der Waals surface area contributed by atoms with Crippen LogP contribution in [0.25, 0.3) is 0 Å². The summed E-state index contributed by atoms with van der Waals surface area (Å²) in [5.74, 6) is 0.554. The van der Waals surface area contributed by atoms with E-state index < -0.39 is 10.3 Å². The van der Waals surface area contributed by atoms with Crippen molar-refractivity contribution in [3.63, 3.8) is 0 Å². The molecular weight excluding hydrogens is 206 g/mol. The Balaban J connectivity index is 3.10. The first-order chi connectivity index (χ1) is 6.44. The van der Waals surface area contributed by atoms with Gasteiger partial charge in [0.15, 0.2) is 0 Å². The second kappa shape index (κ2) is 3.85. The number of ether oxygens (including phenoxy) is 1. The second-order valence-corrected chi connectivity index (χ2v) is 3.86. The Hall–Kier alpha value is -1.27. The first kappa shape index (κ1) is 10.8. The monoisotopic (exact) mass is 217 g/mol. The molecule has 0 amide bonds. The minimum Gasteiger partial charge on any atom is -0.496 e. The molecule has 1 rings (SSSR count). The summed E-state index contributed by atoms with van der Waals surface area (Å²) >= 11 is 0. The second-order valence-electron chi connectivity index (χ2n) is 2.71. The van der Waals surface area contributed by atoms with E-state index in [1.54, 1.807) is 19.1 Å². The van der Waals surface area contributed by atoms with Gasteiger partial charge < -0.3 is 4.74 Å². The molecule has 0 unspecified atom stereocenters. The fourth-order valence-corrected chi connectivity index (χ4v) is 1.58.